The Labute approximate surface area is 144 Å². The second-order valence-corrected chi connectivity index (χ2v) is 4.75. The maximum atomic E-state index is 12.1. The Balaban J connectivity index is 4.56. The Morgan fingerprint density at radius 3 is 1.56 bits per heavy atom. The van der Waals surface area contributed by atoms with Crippen LogP contribution in [0.2, 0.25) is 0 Å². The van der Waals surface area contributed by atoms with Gasteiger partial charge in [-0.3, -0.25) is 0 Å². The lowest BCUT2D eigenvalue weighted by molar-refractivity contribution is -0.214. The molecule has 27 heavy (non-hydrogen) atoms. The molecule has 1 atom stereocenters. The highest BCUT2D eigenvalue weighted by molar-refractivity contribution is 5.76. The first-order valence-electron chi connectivity index (χ1n) is 6.81. The third-order valence-electron chi connectivity index (χ3n) is 2.52. The van der Waals surface area contributed by atoms with Crippen molar-refractivity contribution in [1.82, 2.24) is 0 Å². The SMILES string of the molecule is O=C(OCCCC[C@@H](COC(=O)C(F)(F)F)OC(=O)C(F)(F)F)C(F)(F)F. The van der Waals surface area contributed by atoms with Gasteiger partial charge in [0.2, 0.25) is 0 Å². The van der Waals surface area contributed by atoms with Gasteiger partial charge in [0.05, 0.1) is 6.61 Å². The summed E-state index contributed by atoms with van der Waals surface area (Å²) in [5.74, 6) is -8.02. The van der Waals surface area contributed by atoms with Crippen LogP contribution in [0.25, 0.3) is 0 Å². The number of rotatable bonds is 8. The van der Waals surface area contributed by atoms with Gasteiger partial charge in [-0.1, -0.05) is 0 Å². The van der Waals surface area contributed by atoms with Crippen LogP contribution in [-0.2, 0) is 28.6 Å². The summed E-state index contributed by atoms with van der Waals surface area (Å²) in [5, 5.41) is 0. The summed E-state index contributed by atoms with van der Waals surface area (Å²) in [5.41, 5.74) is 0. The Morgan fingerprint density at radius 2 is 1.11 bits per heavy atom. The molecule has 0 heterocycles. The molecule has 0 radical (unpaired) electrons. The summed E-state index contributed by atoms with van der Waals surface area (Å²) in [6.45, 7) is -2.18. The highest BCUT2D eigenvalue weighted by atomic mass is 19.4. The van der Waals surface area contributed by atoms with Crippen molar-refractivity contribution in [3.05, 3.63) is 0 Å². The van der Waals surface area contributed by atoms with Crippen LogP contribution < -0.4 is 0 Å². The summed E-state index contributed by atoms with van der Waals surface area (Å²) in [6.07, 6.45) is -19.4. The van der Waals surface area contributed by atoms with E-state index in [4.69, 9.17) is 0 Å². The van der Waals surface area contributed by atoms with E-state index in [-0.39, 0.29) is 12.8 Å². The number of carbonyl (C=O) groups is 3. The van der Waals surface area contributed by atoms with E-state index in [0.29, 0.717) is 0 Å². The molecule has 158 valence electrons. The van der Waals surface area contributed by atoms with E-state index >= 15 is 0 Å². The number of hydrogen-bond acceptors (Lipinski definition) is 6. The molecule has 0 aromatic rings. The molecule has 0 rings (SSSR count). The average Bonchev–Trinajstić information content (AvgIpc) is 2.48. The summed E-state index contributed by atoms with van der Waals surface area (Å²) in [6, 6.07) is 0. The standard InChI is InChI=1S/C12H11F9O6/c13-10(14,15)7(22)25-4-2-1-3-6(27-9(24)12(19,20)21)5-26-8(23)11(16,17)18/h6H,1-5H2/t6-/m0/s1. The van der Waals surface area contributed by atoms with E-state index < -0.39 is 62.2 Å². The predicted molar refractivity (Wildman–Crippen MR) is 63.8 cm³/mol. The van der Waals surface area contributed by atoms with Crippen LogP contribution in [0.4, 0.5) is 39.5 Å². The maximum absolute atomic E-state index is 12.1. The van der Waals surface area contributed by atoms with Gasteiger partial charge in [0.25, 0.3) is 0 Å². The van der Waals surface area contributed by atoms with Crippen molar-refractivity contribution in [2.24, 2.45) is 0 Å². The minimum atomic E-state index is -5.48. The van der Waals surface area contributed by atoms with Crippen molar-refractivity contribution in [3.63, 3.8) is 0 Å². The molecule has 0 aromatic carbocycles. The van der Waals surface area contributed by atoms with E-state index in [1.807, 2.05) is 0 Å². The number of ether oxygens (including phenoxy) is 3. The van der Waals surface area contributed by atoms with Crippen LogP contribution in [-0.4, -0.2) is 55.8 Å². The van der Waals surface area contributed by atoms with E-state index in [1.165, 1.54) is 0 Å². The number of hydrogen-bond donors (Lipinski definition) is 0. The zero-order valence-corrected chi connectivity index (χ0v) is 13.0. The second-order valence-electron chi connectivity index (χ2n) is 4.75. The zero-order valence-electron chi connectivity index (χ0n) is 13.0. The van der Waals surface area contributed by atoms with Gasteiger partial charge in [-0.25, -0.2) is 14.4 Å². The van der Waals surface area contributed by atoms with Crippen LogP contribution in [0.1, 0.15) is 19.3 Å². The molecule has 0 N–H and O–H groups in total. The van der Waals surface area contributed by atoms with Crippen molar-refractivity contribution in [1.29, 1.82) is 0 Å². The minimum absolute atomic E-state index is 0.329. The largest absolute Gasteiger partial charge is 0.490 e. The van der Waals surface area contributed by atoms with Crippen LogP contribution in [0.3, 0.4) is 0 Å². The van der Waals surface area contributed by atoms with Crippen LogP contribution in [0, 0.1) is 0 Å². The summed E-state index contributed by atoms with van der Waals surface area (Å²) in [4.78, 5) is 31.6. The lowest BCUT2D eigenvalue weighted by Crippen LogP contribution is -2.35. The van der Waals surface area contributed by atoms with E-state index in [9.17, 15) is 53.9 Å². The third-order valence-corrected chi connectivity index (χ3v) is 2.52. The summed E-state index contributed by atoms with van der Waals surface area (Å²) >= 11 is 0. The zero-order chi connectivity index (χ0) is 21.5. The predicted octanol–water partition coefficient (Wildman–Crippen LogP) is 2.84. The molecule has 0 amide bonds. The first-order valence-corrected chi connectivity index (χ1v) is 6.81. The smallest absolute Gasteiger partial charge is 0.459 e. The van der Waals surface area contributed by atoms with E-state index in [2.05, 4.69) is 14.2 Å². The Kier molecular flexibility index (Phi) is 8.85. The fraction of sp³-hybridized carbons (Fsp3) is 0.750. The first-order chi connectivity index (χ1) is 12.0. The van der Waals surface area contributed by atoms with Gasteiger partial charge < -0.3 is 14.2 Å². The van der Waals surface area contributed by atoms with Crippen LogP contribution in [0.5, 0.6) is 0 Å². The van der Waals surface area contributed by atoms with Gasteiger partial charge in [0, 0.05) is 0 Å². The molecule has 0 saturated heterocycles. The molecule has 0 aliphatic heterocycles. The number of alkyl halides is 9. The molecule has 15 heteroatoms. The van der Waals surface area contributed by atoms with Gasteiger partial charge in [0.15, 0.2) is 0 Å². The van der Waals surface area contributed by atoms with Crippen molar-refractivity contribution in [2.75, 3.05) is 13.2 Å². The second kappa shape index (κ2) is 9.64. The van der Waals surface area contributed by atoms with Crippen molar-refractivity contribution in [2.45, 2.75) is 43.9 Å². The summed E-state index contributed by atoms with van der Waals surface area (Å²) in [7, 11) is 0. The van der Waals surface area contributed by atoms with Crippen molar-refractivity contribution in [3.8, 4) is 0 Å². The number of carbonyl (C=O) groups excluding carboxylic acids is 3. The van der Waals surface area contributed by atoms with Gasteiger partial charge >= 0.3 is 36.4 Å². The molecule has 0 spiro atoms. The Bertz CT molecular complexity index is 523. The highest BCUT2D eigenvalue weighted by Gasteiger charge is 2.44. The minimum Gasteiger partial charge on any atom is -0.459 e. The molecule has 0 aromatic heterocycles. The summed E-state index contributed by atoms with van der Waals surface area (Å²) < 4.78 is 119. The lowest BCUT2D eigenvalue weighted by Gasteiger charge is -2.19. The molecule has 0 fully saturated rings. The Morgan fingerprint density at radius 1 is 0.667 bits per heavy atom. The number of esters is 3. The molecule has 6 nitrogen and oxygen atoms in total. The molecular weight excluding hydrogens is 411 g/mol. The fourth-order valence-corrected chi connectivity index (χ4v) is 1.37. The topological polar surface area (TPSA) is 78.9 Å². The normalized spacial score (nSPS) is 13.7. The fourth-order valence-electron chi connectivity index (χ4n) is 1.37. The monoisotopic (exact) mass is 422 g/mol. The molecule has 0 aliphatic rings. The van der Waals surface area contributed by atoms with Gasteiger partial charge in [0.1, 0.15) is 12.7 Å². The quantitative estimate of drug-likeness (QED) is 0.259. The van der Waals surface area contributed by atoms with Crippen molar-refractivity contribution >= 4 is 17.9 Å². The van der Waals surface area contributed by atoms with E-state index in [0.717, 1.165) is 0 Å². The van der Waals surface area contributed by atoms with Crippen molar-refractivity contribution < 1.29 is 68.1 Å². The molecule has 0 unspecified atom stereocenters. The molecule has 0 aliphatic carbocycles. The molecular formula is C12H11F9O6. The number of unbranched alkanes of at least 4 members (excludes halogenated alkanes) is 1. The van der Waals surface area contributed by atoms with E-state index in [1.54, 1.807) is 0 Å². The maximum Gasteiger partial charge on any atom is 0.490 e. The third kappa shape index (κ3) is 10.5. The van der Waals surface area contributed by atoms with Crippen LogP contribution >= 0.6 is 0 Å². The van der Waals surface area contributed by atoms with Gasteiger partial charge in [-0.05, 0) is 19.3 Å². The average molecular weight is 422 g/mol. The molecule has 0 saturated carbocycles. The number of halogens is 9. The van der Waals surface area contributed by atoms with Crippen LogP contribution in [0.15, 0.2) is 0 Å². The van der Waals surface area contributed by atoms with Gasteiger partial charge in [-0.2, -0.15) is 39.5 Å². The Hall–Kier alpha value is -2.22. The lowest BCUT2D eigenvalue weighted by atomic mass is 10.1. The first kappa shape index (κ1) is 24.8. The highest BCUT2D eigenvalue weighted by Crippen LogP contribution is 2.21. The molecule has 0 bridgehead atoms. The van der Waals surface area contributed by atoms with Gasteiger partial charge in [-0.15, -0.1) is 0 Å².